The third kappa shape index (κ3) is 3.14. The highest BCUT2D eigenvalue weighted by Gasteiger charge is 1.98. The second kappa shape index (κ2) is 5.11. The van der Waals surface area contributed by atoms with E-state index in [0.29, 0.717) is 6.54 Å². The third-order valence-corrected chi connectivity index (χ3v) is 2.99. The van der Waals surface area contributed by atoms with Gasteiger partial charge in [-0.2, -0.15) is 0 Å². The molecule has 3 heteroatoms. The summed E-state index contributed by atoms with van der Waals surface area (Å²) in [5, 5.41) is 13.3. The Balaban J connectivity index is 2.05. The summed E-state index contributed by atoms with van der Waals surface area (Å²) in [6.45, 7) is 2.66. The van der Waals surface area contributed by atoms with Crippen molar-refractivity contribution in [3.05, 3.63) is 58.6 Å². The summed E-state index contributed by atoms with van der Waals surface area (Å²) in [5.41, 5.74) is 3.08. The SMILES string of the molecule is Cc1ccc(CNc2cccc(O)c2)cc1Cl. The Morgan fingerprint density at radius 3 is 2.71 bits per heavy atom. The van der Waals surface area contributed by atoms with Crippen LogP contribution >= 0.6 is 11.6 Å². The van der Waals surface area contributed by atoms with Crippen molar-refractivity contribution in [1.82, 2.24) is 0 Å². The van der Waals surface area contributed by atoms with Crippen molar-refractivity contribution in [3.63, 3.8) is 0 Å². The second-order valence-corrected chi connectivity index (χ2v) is 4.39. The molecular weight excluding hydrogens is 234 g/mol. The molecule has 0 bridgehead atoms. The van der Waals surface area contributed by atoms with E-state index in [1.165, 1.54) is 0 Å². The number of benzene rings is 2. The van der Waals surface area contributed by atoms with E-state index < -0.39 is 0 Å². The molecule has 0 saturated carbocycles. The molecule has 0 unspecified atom stereocenters. The van der Waals surface area contributed by atoms with Crippen LogP contribution in [0.2, 0.25) is 5.02 Å². The monoisotopic (exact) mass is 247 g/mol. The lowest BCUT2D eigenvalue weighted by Gasteiger charge is -2.08. The molecule has 0 fully saturated rings. The molecule has 0 atom stereocenters. The zero-order valence-corrected chi connectivity index (χ0v) is 10.3. The lowest BCUT2D eigenvalue weighted by molar-refractivity contribution is 0.475. The van der Waals surface area contributed by atoms with Crippen LogP contribution in [0.1, 0.15) is 11.1 Å². The Bertz CT molecular complexity index is 525. The summed E-state index contributed by atoms with van der Waals surface area (Å²) in [6, 6.07) is 13.0. The topological polar surface area (TPSA) is 32.3 Å². The van der Waals surface area contributed by atoms with Gasteiger partial charge in [-0.05, 0) is 36.2 Å². The van der Waals surface area contributed by atoms with Gasteiger partial charge < -0.3 is 10.4 Å². The van der Waals surface area contributed by atoms with Crippen LogP contribution < -0.4 is 5.32 Å². The first kappa shape index (κ1) is 11.8. The van der Waals surface area contributed by atoms with Crippen molar-refractivity contribution in [1.29, 1.82) is 0 Å². The molecule has 0 saturated heterocycles. The van der Waals surface area contributed by atoms with Crippen LogP contribution in [0.25, 0.3) is 0 Å². The van der Waals surface area contributed by atoms with Gasteiger partial charge in [0.05, 0.1) is 0 Å². The summed E-state index contributed by atoms with van der Waals surface area (Å²) in [6.07, 6.45) is 0. The number of halogens is 1. The molecule has 2 aromatic carbocycles. The fourth-order valence-corrected chi connectivity index (χ4v) is 1.77. The molecule has 2 N–H and O–H groups in total. The lowest BCUT2D eigenvalue weighted by Crippen LogP contribution is -1.99. The first-order valence-electron chi connectivity index (χ1n) is 5.43. The van der Waals surface area contributed by atoms with Crippen LogP contribution in [-0.2, 0) is 6.54 Å². The van der Waals surface area contributed by atoms with Crippen LogP contribution in [0.15, 0.2) is 42.5 Å². The molecule has 0 radical (unpaired) electrons. The maximum Gasteiger partial charge on any atom is 0.117 e. The zero-order valence-electron chi connectivity index (χ0n) is 9.57. The lowest BCUT2D eigenvalue weighted by atomic mass is 10.1. The largest absolute Gasteiger partial charge is 0.508 e. The second-order valence-electron chi connectivity index (χ2n) is 3.99. The van der Waals surface area contributed by atoms with Gasteiger partial charge in [-0.25, -0.2) is 0 Å². The molecule has 0 aliphatic heterocycles. The average molecular weight is 248 g/mol. The molecule has 0 aliphatic rings. The molecule has 2 rings (SSSR count). The molecule has 0 heterocycles. The summed E-state index contributed by atoms with van der Waals surface area (Å²) < 4.78 is 0. The average Bonchev–Trinajstić information content (AvgIpc) is 2.31. The fourth-order valence-electron chi connectivity index (χ4n) is 1.57. The van der Waals surface area contributed by atoms with Crippen LogP contribution in [0, 0.1) is 6.92 Å². The predicted octanol–water partition coefficient (Wildman–Crippen LogP) is 3.97. The minimum Gasteiger partial charge on any atom is -0.508 e. The minimum absolute atomic E-state index is 0.261. The van der Waals surface area contributed by atoms with E-state index in [9.17, 15) is 5.11 Å². The molecule has 2 nitrogen and oxygen atoms in total. The van der Waals surface area contributed by atoms with E-state index in [1.54, 1.807) is 18.2 Å². The first-order chi connectivity index (χ1) is 8.15. The molecule has 88 valence electrons. The normalized spacial score (nSPS) is 10.2. The summed E-state index contributed by atoms with van der Waals surface area (Å²) in [5.74, 6) is 0.261. The number of rotatable bonds is 3. The maximum atomic E-state index is 9.33. The number of anilines is 1. The van der Waals surface area contributed by atoms with Gasteiger partial charge in [0.25, 0.3) is 0 Å². The third-order valence-electron chi connectivity index (χ3n) is 2.58. The summed E-state index contributed by atoms with van der Waals surface area (Å²) >= 11 is 6.05. The van der Waals surface area contributed by atoms with Crippen LogP contribution in [0.4, 0.5) is 5.69 Å². The first-order valence-corrected chi connectivity index (χ1v) is 5.81. The maximum absolute atomic E-state index is 9.33. The van der Waals surface area contributed by atoms with Crippen molar-refractivity contribution in [2.45, 2.75) is 13.5 Å². The van der Waals surface area contributed by atoms with Gasteiger partial charge in [-0.15, -0.1) is 0 Å². The molecular formula is C14H14ClNO. The smallest absolute Gasteiger partial charge is 0.117 e. The van der Waals surface area contributed by atoms with Crippen LogP contribution in [0.5, 0.6) is 5.75 Å². The van der Waals surface area contributed by atoms with Crippen molar-refractivity contribution >= 4 is 17.3 Å². The van der Waals surface area contributed by atoms with Crippen molar-refractivity contribution in [3.8, 4) is 5.75 Å². The molecule has 17 heavy (non-hydrogen) atoms. The van der Waals surface area contributed by atoms with E-state index in [1.807, 2.05) is 31.2 Å². The molecule has 0 spiro atoms. The Hall–Kier alpha value is -1.67. The summed E-state index contributed by atoms with van der Waals surface area (Å²) in [7, 11) is 0. The van der Waals surface area contributed by atoms with Crippen molar-refractivity contribution < 1.29 is 5.11 Å². The van der Waals surface area contributed by atoms with Gasteiger partial charge in [-0.1, -0.05) is 29.8 Å². The van der Waals surface area contributed by atoms with E-state index in [4.69, 9.17) is 11.6 Å². The predicted molar refractivity (Wildman–Crippen MR) is 71.6 cm³/mol. The van der Waals surface area contributed by atoms with Crippen molar-refractivity contribution in [2.24, 2.45) is 0 Å². The molecule has 0 amide bonds. The molecule has 0 aromatic heterocycles. The number of phenols is 1. The minimum atomic E-state index is 0.261. The van der Waals surface area contributed by atoms with Gasteiger partial charge in [-0.3, -0.25) is 0 Å². The van der Waals surface area contributed by atoms with E-state index >= 15 is 0 Å². The van der Waals surface area contributed by atoms with Gasteiger partial charge in [0, 0.05) is 23.3 Å². The van der Waals surface area contributed by atoms with Gasteiger partial charge in [0.1, 0.15) is 5.75 Å². The highest BCUT2D eigenvalue weighted by atomic mass is 35.5. The van der Waals surface area contributed by atoms with Gasteiger partial charge >= 0.3 is 0 Å². The fraction of sp³-hybridized carbons (Fsp3) is 0.143. The molecule has 2 aromatic rings. The highest BCUT2D eigenvalue weighted by molar-refractivity contribution is 6.31. The number of hydrogen-bond donors (Lipinski definition) is 2. The van der Waals surface area contributed by atoms with Crippen LogP contribution in [0.3, 0.4) is 0 Å². The quantitative estimate of drug-likeness (QED) is 0.860. The number of phenolic OH excluding ortho intramolecular Hbond substituents is 1. The van der Waals surface area contributed by atoms with Crippen LogP contribution in [-0.4, -0.2) is 5.11 Å². The Kier molecular flexibility index (Phi) is 3.55. The van der Waals surface area contributed by atoms with Crippen molar-refractivity contribution in [2.75, 3.05) is 5.32 Å². The van der Waals surface area contributed by atoms with E-state index in [0.717, 1.165) is 21.8 Å². The standard InChI is InChI=1S/C14H14ClNO/c1-10-5-6-11(7-14(10)15)9-16-12-3-2-4-13(17)8-12/h2-8,16-17H,9H2,1H3. The summed E-state index contributed by atoms with van der Waals surface area (Å²) in [4.78, 5) is 0. The number of aromatic hydroxyl groups is 1. The Morgan fingerprint density at radius 1 is 1.18 bits per heavy atom. The Morgan fingerprint density at radius 2 is 2.00 bits per heavy atom. The highest BCUT2D eigenvalue weighted by Crippen LogP contribution is 2.19. The number of aryl methyl sites for hydroxylation is 1. The van der Waals surface area contributed by atoms with E-state index in [2.05, 4.69) is 5.32 Å². The molecule has 0 aliphatic carbocycles. The van der Waals surface area contributed by atoms with Gasteiger partial charge in [0.2, 0.25) is 0 Å². The number of nitrogens with one attached hydrogen (secondary N) is 1. The van der Waals surface area contributed by atoms with E-state index in [-0.39, 0.29) is 5.75 Å². The van der Waals surface area contributed by atoms with Gasteiger partial charge in [0.15, 0.2) is 0 Å². The Labute approximate surface area is 106 Å². The number of hydrogen-bond acceptors (Lipinski definition) is 2. The zero-order chi connectivity index (χ0) is 12.3.